The summed E-state index contributed by atoms with van der Waals surface area (Å²) >= 11 is 0. The van der Waals surface area contributed by atoms with Gasteiger partial charge >= 0.3 is 0 Å². The fourth-order valence-corrected chi connectivity index (χ4v) is 1.44. The Morgan fingerprint density at radius 3 is 2.50 bits per heavy atom. The van der Waals surface area contributed by atoms with E-state index in [9.17, 15) is 8.78 Å². The van der Waals surface area contributed by atoms with E-state index in [0.29, 0.717) is 5.82 Å². The third kappa shape index (κ3) is 1.48. The highest BCUT2D eigenvalue weighted by atomic mass is 19.1. The number of nitrogens with two attached hydrogens (primary N) is 2. The molecule has 6 heteroatoms. The van der Waals surface area contributed by atoms with E-state index in [2.05, 4.69) is 4.98 Å². The van der Waals surface area contributed by atoms with E-state index >= 15 is 0 Å². The molecule has 0 aliphatic carbocycles. The molecule has 4 N–H and O–H groups in total. The van der Waals surface area contributed by atoms with Crippen LogP contribution in [0.25, 0.3) is 11.3 Å². The Morgan fingerprint density at radius 1 is 1.31 bits per heavy atom. The van der Waals surface area contributed by atoms with Crippen LogP contribution >= 0.6 is 0 Å². The summed E-state index contributed by atoms with van der Waals surface area (Å²) in [6.45, 7) is 1.64. The second-order valence-corrected chi connectivity index (χ2v) is 3.39. The SMILES string of the molecule is Cc1nc(-c2ccc(F)cc2F)c(N)n1N. The highest BCUT2D eigenvalue weighted by Crippen LogP contribution is 2.27. The number of imidazole rings is 1. The Kier molecular flexibility index (Phi) is 2.26. The van der Waals surface area contributed by atoms with Crippen LogP contribution in [0.2, 0.25) is 0 Å². The van der Waals surface area contributed by atoms with Crippen LogP contribution in [0.1, 0.15) is 5.82 Å². The van der Waals surface area contributed by atoms with E-state index in [0.717, 1.165) is 16.8 Å². The molecular weight excluding hydrogens is 214 g/mol. The maximum absolute atomic E-state index is 13.5. The highest BCUT2D eigenvalue weighted by molar-refractivity contribution is 5.71. The van der Waals surface area contributed by atoms with Crippen molar-refractivity contribution in [2.75, 3.05) is 11.6 Å². The number of hydrogen-bond donors (Lipinski definition) is 2. The van der Waals surface area contributed by atoms with E-state index in [1.54, 1.807) is 6.92 Å². The van der Waals surface area contributed by atoms with Gasteiger partial charge in [-0.1, -0.05) is 0 Å². The summed E-state index contributed by atoms with van der Waals surface area (Å²) in [5.41, 5.74) is 6.01. The highest BCUT2D eigenvalue weighted by Gasteiger charge is 2.15. The topological polar surface area (TPSA) is 69.9 Å². The summed E-state index contributed by atoms with van der Waals surface area (Å²) in [6.07, 6.45) is 0. The molecular formula is C10H10F2N4. The van der Waals surface area contributed by atoms with Gasteiger partial charge in [0.15, 0.2) is 5.82 Å². The molecule has 0 bridgehead atoms. The van der Waals surface area contributed by atoms with Gasteiger partial charge < -0.3 is 11.6 Å². The van der Waals surface area contributed by atoms with Crippen molar-refractivity contribution in [1.82, 2.24) is 9.66 Å². The summed E-state index contributed by atoms with van der Waals surface area (Å²) in [4.78, 5) is 4.02. The average molecular weight is 224 g/mol. The molecule has 0 unspecified atom stereocenters. The van der Waals surface area contributed by atoms with E-state index in [1.807, 2.05) is 0 Å². The van der Waals surface area contributed by atoms with Gasteiger partial charge in [-0.05, 0) is 19.1 Å². The lowest BCUT2D eigenvalue weighted by Gasteiger charge is -2.01. The molecule has 0 atom stereocenters. The van der Waals surface area contributed by atoms with Crippen LogP contribution in [-0.4, -0.2) is 9.66 Å². The molecule has 0 fully saturated rings. The maximum Gasteiger partial charge on any atom is 0.150 e. The van der Waals surface area contributed by atoms with Gasteiger partial charge in [-0.2, -0.15) is 0 Å². The molecule has 1 aromatic carbocycles. The number of aromatic nitrogens is 2. The number of nitrogens with zero attached hydrogens (tertiary/aromatic N) is 2. The summed E-state index contributed by atoms with van der Waals surface area (Å²) in [7, 11) is 0. The van der Waals surface area contributed by atoms with E-state index in [4.69, 9.17) is 11.6 Å². The first-order chi connectivity index (χ1) is 7.50. The first kappa shape index (κ1) is 10.4. The lowest BCUT2D eigenvalue weighted by Crippen LogP contribution is -2.13. The molecule has 0 saturated heterocycles. The second-order valence-electron chi connectivity index (χ2n) is 3.39. The zero-order valence-corrected chi connectivity index (χ0v) is 8.54. The van der Waals surface area contributed by atoms with Crippen molar-refractivity contribution in [2.24, 2.45) is 0 Å². The Morgan fingerprint density at radius 2 is 2.00 bits per heavy atom. The fourth-order valence-electron chi connectivity index (χ4n) is 1.44. The van der Waals surface area contributed by atoms with Crippen molar-refractivity contribution in [3.05, 3.63) is 35.7 Å². The van der Waals surface area contributed by atoms with Gasteiger partial charge in [0.05, 0.1) is 0 Å². The molecule has 0 aliphatic heterocycles. The average Bonchev–Trinajstić information content (AvgIpc) is 2.46. The molecule has 84 valence electrons. The number of nitrogen functional groups attached to an aromatic ring is 2. The molecule has 2 aromatic rings. The summed E-state index contributed by atoms with van der Waals surface area (Å²) < 4.78 is 27.3. The van der Waals surface area contributed by atoms with E-state index in [-0.39, 0.29) is 17.1 Å². The molecule has 0 amide bonds. The molecule has 0 aliphatic rings. The van der Waals surface area contributed by atoms with Gasteiger partial charge in [0.1, 0.15) is 23.2 Å². The molecule has 4 nitrogen and oxygen atoms in total. The first-order valence-corrected chi connectivity index (χ1v) is 4.56. The Hall–Kier alpha value is -2.11. The normalized spacial score (nSPS) is 10.7. The minimum absolute atomic E-state index is 0.131. The van der Waals surface area contributed by atoms with Crippen molar-refractivity contribution in [3.63, 3.8) is 0 Å². The van der Waals surface area contributed by atoms with Crippen molar-refractivity contribution in [1.29, 1.82) is 0 Å². The minimum atomic E-state index is -0.718. The number of benzene rings is 1. The molecule has 0 saturated carbocycles. The lowest BCUT2D eigenvalue weighted by molar-refractivity contribution is 0.585. The van der Waals surface area contributed by atoms with Crippen molar-refractivity contribution < 1.29 is 8.78 Å². The number of hydrogen-bond acceptors (Lipinski definition) is 3. The predicted octanol–water partition coefficient (Wildman–Crippen LogP) is 1.43. The smallest absolute Gasteiger partial charge is 0.150 e. The number of halogens is 2. The zero-order valence-electron chi connectivity index (χ0n) is 8.54. The molecule has 1 aromatic heterocycles. The third-order valence-corrected chi connectivity index (χ3v) is 2.31. The number of rotatable bonds is 1. The Labute approximate surface area is 90.5 Å². The van der Waals surface area contributed by atoms with Gasteiger partial charge in [-0.3, -0.25) is 0 Å². The summed E-state index contributed by atoms with van der Waals surface area (Å²) in [5.74, 6) is 4.78. The quantitative estimate of drug-likeness (QED) is 0.720. The molecule has 16 heavy (non-hydrogen) atoms. The van der Waals surface area contributed by atoms with Crippen LogP contribution in [0.15, 0.2) is 18.2 Å². The van der Waals surface area contributed by atoms with Crippen LogP contribution in [0.4, 0.5) is 14.6 Å². The van der Waals surface area contributed by atoms with Crippen molar-refractivity contribution in [3.8, 4) is 11.3 Å². The Bertz CT molecular complexity index is 548. The van der Waals surface area contributed by atoms with Gasteiger partial charge in [0, 0.05) is 11.6 Å². The van der Waals surface area contributed by atoms with Crippen LogP contribution < -0.4 is 11.6 Å². The van der Waals surface area contributed by atoms with E-state index < -0.39 is 11.6 Å². The van der Waals surface area contributed by atoms with E-state index in [1.165, 1.54) is 6.07 Å². The largest absolute Gasteiger partial charge is 0.382 e. The standard InChI is InChI=1S/C10H10F2N4/c1-5-15-9(10(13)16(5)14)7-3-2-6(11)4-8(7)12/h2-4H,13-14H2,1H3. The first-order valence-electron chi connectivity index (χ1n) is 4.56. The van der Waals surface area contributed by atoms with Gasteiger partial charge in [0.2, 0.25) is 0 Å². The number of anilines is 1. The van der Waals surface area contributed by atoms with Gasteiger partial charge in [-0.15, -0.1) is 0 Å². The summed E-state index contributed by atoms with van der Waals surface area (Å²) in [6, 6.07) is 3.20. The second kappa shape index (κ2) is 3.48. The lowest BCUT2D eigenvalue weighted by atomic mass is 10.1. The van der Waals surface area contributed by atoms with Gasteiger partial charge in [-0.25, -0.2) is 18.4 Å². The molecule has 0 spiro atoms. The predicted molar refractivity (Wildman–Crippen MR) is 56.9 cm³/mol. The van der Waals surface area contributed by atoms with Gasteiger partial charge in [0.25, 0.3) is 0 Å². The Balaban J connectivity index is 2.63. The van der Waals surface area contributed by atoms with Crippen LogP contribution in [0.3, 0.4) is 0 Å². The minimum Gasteiger partial charge on any atom is -0.382 e. The molecule has 0 radical (unpaired) electrons. The van der Waals surface area contributed by atoms with Crippen LogP contribution in [0, 0.1) is 18.6 Å². The maximum atomic E-state index is 13.5. The van der Waals surface area contributed by atoms with Crippen molar-refractivity contribution >= 4 is 5.82 Å². The zero-order chi connectivity index (χ0) is 11.9. The number of aryl methyl sites for hydroxylation is 1. The summed E-state index contributed by atoms with van der Waals surface area (Å²) in [5, 5.41) is 0. The van der Waals surface area contributed by atoms with Crippen LogP contribution in [0.5, 0.6) is 0 Å². The molecule has 1 heterocycles. The monoisotopic (exact) mass is 224 g/mol. The van der Waals surface area contributed by atoms with Crippen molar-refractivity contribution in [2.45, 2.75) is 6.92 Å². The molecule has 2 rings (SSSR count). The fraction of sp³-hybridized carbons (Fsp3) is 0.100. The third-order valence-electron chi connectivity index (χ3n) is 2.31. The van der Waals surface area contributed by atoms with Crippen LogP contribution in [-0.2, 0) is 0 Å².